The molecule has 3 heteroatoms. The van der Waals surface area contributed by atoms with Crippen molar-refractivity contribution in [2.45, 2.75) is 46.0 Å². The highest BCUT2D eigenvalue weighted by Crippen LogP contribution is 2.28. The van der Waals surface area contributed by atoms with E-state index in [1.54, 1.807) is 0 Å². The van der Waals surface area contributed by atoms with Crippen molar-refractivity contribution in [2.75, 3.05) is 0 Å². The highest BCUT2D eigenvalue weighted by Gasteiger charge is 2.22. The molecule has 0 N–H and O–H groups in total. The highest BCUT2D eigenvalue weighted by atomic mass is 15.4. The summed E-state index contributed by atoms with van der Waals surface area (Å²) in [5.41, 5.74) is 2.50. The summed E-state index contributed by atoms with van der Waals surface area (Å²) in [6.45, 7) is 8.77. The Labute approximate surface area is 84.8 Å². The lowest BCUT2D eigenvalue weighted by Gasteiger charge is -2.10. The Kier molecular flexibility index (Phi) is 2.17. The Morgan fingerprint density at radius 1 is 1.21 bits per heavy atom. The fourth-order valence-electron chi connectivity index (χ4n) is 1.92. The Bertz CT molecular complexity index is 372. The smallest absolute Gasteiger partial charge is 0.135 e. The molecule has 0 aliphatic carbocycles. The molecular formula is C11H17N3. The first-order valence-electron chi connectivity index (χ1n) is 5.25. The summed E-state index contributed by atoms with van der Waals surface area (Å²) in [5, 5.41) is 4.35. The first kappa shape index (κ1) is 9.44. The molecule has 0 saturated heterocycles. The van der Waals surface area contributed by atoms with Crippen molar-refractivity contribution in [3.63, 3.8) is 0 Å². The van der Waals surface area contributed by atoms with E-state index in [4.69, 9.17) is 0 Å². The zero-order valence-electron chi connectivity index (χ0n) is 9.28. The summed E-state index contributed by atoms with van der Waals surface area (Å²) in [5.74, 6) is 2.07. The molecule has 0 unspecified atom stereocenters. The van der Waals surface area contributed by atoms with Gasteiger partial charge in [-0.1, -0.05) is 27.7 Å². The van der Waals surface area contributed by atoms with Crippen LogP contribution in [0.2, 0.25) is 0 Å². The Balaban J connectivity index is 2.57. The number of fused-ring (bicyclic) bond motifs is 1. The van der Waals surface area contributed by atoms with Gasteiger partial charge in [0.2, 0.25) is 0 Å². The minimum atomic E-state index is 0.487. The van der Waals surface area contributed by atoms with Crippen LogP contribution in [0, 0.1) is 0 Å². The number of aromatic nitrogens is 2. The first-order valence-corrected chi connectivity index (χ1v) is 5.25. The van der Waals surface area contributed by atoms with Gasteiger partial charge in [-0.05, 0) is 11.8 Å². The van der Waals surface area contributed by atoms with Crippen LogP contribution in [0.4, 0.5) is 0 Å². The second-order valence-corrected chi connectivity index (χ2v) is 4.42. The lowest BCUT2D eigenvalue weighted by Crippen LogP contribution is -2.02. The van der Waals surface area contributed by atoms with E-state index in [1.807, 2.05) is 10.9 Å². The standard InChI is InChI=1S/C11H17N3/c1-7(2)10-11(8(3)4)14-9(13-10)5-6-12-14/h6-8H,5H2,1-4H3. The van der Waals surface area contributed by atoms with Crippen molar-refractivity contribution in [3.05, 3.63) is 17.2 Å². The van der Waals surface area contributed by atoms with Crippen molar-refractivity contribution in [3.8, 4) is 0 Å². The zero-order chi connectivity index (χ0) is 10.3. The van der Waals surface area contributed by atoms with Gasteiger partial charge in [0, 0.05) is 12.6 Å². The number of nitrogens with zero attached hydrogens (tertiary/aromatic N) is 3. The number of hydrogen-bond donors (Lipinski definition) is 0. The van der Waals surface area contributed by atoms with E-state index >= 15 is 0 Å². The van der Waals surface area contributed by atoms with Gasteiger partial charge in [0.1, 0.15) is 5.82 Å². The van der Waals surface area contributed by atoms with E-state index in [0.29, 0.717) is 11.8 Å². The molecule has 76 valence electrons. The average molecular weight is 191 g/mol. The SMILES string of the molecule is CC(C)c1nc2n(c1C(C)C)N=CC2. The molecule has 0 saturated carbocycles. The van der Waals surface area contributed by atoms with Gasteiger partial charge in [-0.25, -0.2) is 9.66 Å². The van der Waals surface area contributed by atoms with E-state index in [0.717, 1.165) is 12.2 Å². The molecule has 1 aromatic rings. The summed E-state index contributed by atoms with van der Waals surface area (Å²) in [6, 6.07) is 0. The number of imidazole rings is 1. The molecule has 14 heavy (non-hydrogen) atoms. The molecular weight excluding hydrogens is 174 g/mol. The summed E-state index contributed by atoms with van der Waals surface area (Å²) < 4.78 is 2.01. The van der Waals surface area contributed by atoms with Crippen LogP contribution in [-0.2, 0) is 6.42 Å². The lowest BCUT2D eigenvalue weighted by atomic mass is 10.0. The van der Waals surface area contributed by atoms with Crippen LogP contribution in [-0.4, -0.2) is 15.9 Å². The zero-order valence-corrected chi connectivity index (χ0v) is 9.28. The Hall–Kier alpha value is -1.12. The first-order chi connectivity index (χ1) is 6.61. The molecule has 0 atom stereocenters. The topological polar surface area (TPSA) is 30.2 Å². The fourth-order valence-corrected chi connectivity index (χ4v) is 1.92. The van der Waals surface area contributed by atoms with Crippen LogP contribution in [0.1, 0.15) is 56.7 Å². The highest BCUT2D eigenvalue weighted by molar-refractivity contribution is 5.63. The second kappa shape index (κ2) is 3.23. The van der Waals surface area contributed by atoms with Crippen LogP contribution in [0.3, 0.4) is 0 Å². The summed E-state index contributed by atoms with van der Waals surface area (Å²) in [7, 11) is 0. The molecule has 1 aliphatic rings. The third kappa shape index (κ3) is 1.27. The summed E-state index contributed by atoms with van der Waals surface area (Å²) >= 11 is 0. The molecule has 0 radical (unpaired) electrons. The summed E-state index contributed by atoms with van der Waals surface area (Å²) in [6.07, 6.45) is 2.81. The third-order valence-corrected chi connectivity index (χ3v) is 2.55. The van der Waals surface area contributed by atoms with Crippen LogP contribution in [0.5, 0.6) is 0 Å². The van der Waals surface area contributed by atoms with E-state index in [1.165, 1.54) is 11.4 Å². The van der Waals surface area contributed by atoms with Crippen molar-refractivity contribution in [1.29, 1.82) is 0 Å². The Morgan fingerprint density at radius 2 is 1.93 bits per heavy atom. The van der Waals surface area contributed by atoms with Crippen LogP contribution in [0.25, 0.3) is 0 Å². The van der Waals surface area contributed by atoms with Gasteiger partial charge in [0.25, 0.3) is 0 Å². The molecule has 0 aromatic carbocycles. The lowest BCUT2D eigenvalue weighted by molar-refractivity contribution is 0.699. The maximum Gasteiger partial charge on any atom is 0.135 e. The van der Waals surface area contributed by atoms with Crippen molar-refractivity contribution in [2.24, 2.45) is 5.10 Å². The largest absolute Gasteiger partial charge is 0.235 e. The second-order valence-electron chi connectivity index (χ2n) is 4.42. The third-order valence-electron chi connectivity index (χ3n) is 2.55. The van der Waals surface area contributed by atoms with Gasteiger partial charge < -0.3 is 0 Å². The predicted molar refractivity (Wildman–Crippen MR) is 58.0 cm³/mol. The molecule has 0 bridgehead atoms. The molecule has 3 nitrogen and oxygen atoms in total. The van der Waals surface area contributed by atoms with E-state index in [-0.39, 0.29) is 0 Å². The number of rotatable bonds is 2. The molecule has 1 aliphatic heterocycles. The van der Waals surface area contributed by atoms with Gasteiger partial charge in [-0.2, -0.15) is 5.10 Å². The molecule has 0 fully saturated rings. The summed E-state index contributed by atoms with van der Waals surface area (Å²) in [4.78, 5) is 4.65. The average Bonchev–Trinajstić information content (AvgIpc) is 2.58. The molecule has 0 amide bonds. The van der Waals surface area contributed by atoms with Gasteiger partial charge in [0.05, 0.1) is 11.4 Å². The van der Waals surface area contributed by atoms with E-state index in [2.05, 4.69) is 37.8 Å². The van der Waals surface area contributed by atoms with Crippen molar-refractivity contribution in [1.82, 2.24) is 9.66 Å². The van der Waals surface area contributed by atoms with Crippen molar-refractivity contribution >= 4 is 6.21 Å². The molecule has 1 aromatic heterocycles. The van der Waals surface area contributed by atoms with Crippen LogP contribution in [0.15, 0.2) is 5.10 Å². The fraction of sp³-hybridized carbons (Fsp3) is 0.636. The maximum absolute atomic E-state index is 4.65. The van der Waals surface area contributed by atoms with Crippen molar-refractivity contribution < 1.29 is 0 Å². The van der Waals surface area contributed by atoms with Crippen LogP contribution >= 0.6 is 0 Å². The maximum atomic E-state index is 4.65. The Morgan fingerprint density at radius 3 is 2.50 bits per heavy atom. The van der Waals surface area contributed by atoms with Gasteiger partial charge in [-0.3, -0.25) is 0 Å². The monoisotopic (exact) mass is 191 g/mol. The molecule has 2 rings (SSSR count). The molecule has 2 heterocycles. The minimum Gasteiger partial charge on any atom is -0.235 e. The van der Waals surface area contributed by atoms with Gasteiger partial charge in [-0.15, -0.1) is 0 Å². The normalized spacial score (nSPS) is 14.4. The quantitative estimate of drug-likeness (QED) is 0.706. The van der Waals surface area contributed by atoms with E-state index in [9.17, 15) is 0 Å². The predicted octanol–water partition coefficient (Wildman–Crippen LogP) is 2.52. The van der Waals surface area contributed by atoms with Gasteiger partial charge >= 0.3 is 0 Å². The minimum absolute atomic E-state index is 0.487. The van der Waals surface area contributed by atoms with Gasteiger partial charge in [0.15, 0.2) is 0 Å². The van der Waals surface area contributed by atoms with E-state index < -0.39 is 0 Å². The number of hydrogen-bond acceptors (Lipinski definition) is 2. The van der Waals surface area contributed by atoms with Crippen LogP contribution < -0.4 is 0 Å². The molecule has 0 spiro atoms.